The number of aromatic nitrogens is 2. The van der Waals surface area contributed by atoms with E-state index in [1.54, 1.807) is 12.1 Å². The molecule has 1 aromatic heterocycles. The first-order chi connectivity index (χ1) is 13.1. The van der Waals surface area contributed by atoms with Crippen LogP contribution < -0.4 is 0 Å². The minimum atomic E-state index is -0.286. The summed E-state index contributed by atoms with van der Waals surface area (Å²) in [6.07, 6.45) is 2.47. The lowest BCUT2D eigenvalue weighted by Gasteiger charge is -2.20. The van der Waals surface area contributed by atoms with Gasteiger partial charge in [-0.25, -0.2) is 4.39 Å². The van der Waals surface area contributed by atoms with Gasteiger partial charge in [0.15, 0.2) is 0 Å². The largest absolute Gasteiger partial charge is 0.337 e. The van der Waals surface area contributed by atoms with Gasteiger partial charge >= 0.3 is 0 Å². The highest BCUT2D eigenvalue weighted by molar-refractivity contribution is 5.56. The number of halogens is 1. The van der Waals surface area contributed by atoms with E-state index in [9.17, 15) is 4.39 Å². The maximum Gasteiger partial charge on any atom is 0.244 e. The Morgan fingerprint density at radius 2 is 1.85 bits per heavy atom. The molecule has 0 bridgehead atoms. The number of nitrogens with zero attached hydrogens (tertiary/aromatic N) is 3. The lowest BCUT2D eigenvalue weighted by molar-refractivity contribution is 0.201. The van der Waals surface area contributed by atoms with E-state index in [2.05, 4.69) is 40.9 Å². The van der Waals surface area contributed by atoms with Crippen LogP contribution in [-0.2, 0) is 0 Å². The minimum Gasteiger partial charge on any atom is -0.337 e. The Labute approximate surface area is 158 Å². The molecule has 1 heterocycles. The first-order valence-electron chi connectivity index (χ1n) is 9.04. The van der Waals surface area contributed by atoms with Crippen LogP contribution in [0.1, 0.15) is 42.8 Å². The fourth-order valence-electron chi connectivity index (χ4n) is 2.91. The molecule has 1 saturated carbocycles. The molecule has 1 aliphatic carbocycles. The first kappa shape index (κ1) is 17.4. The van der Waals surface area contributed by atoms with Crippen molar-refractivity contribution in [3.8, 4) is 23.2 Å². The summed E-state index contributed by atoms with van der Waals surface area (Å²) in [6.45, 7) is 2.08. The molecule has 5 heteroatoms. The fourth-order valence-corrected chi connectivity index (χ4v) is 2.91. The Morgan fingerprint density at radius 1 is 1.11 bits per heavy atom. The van der Waals surface area contributed by atoms with Crippen LogP contribution in [0.15, 0.2) is 53.1 Å². The second-order valence-electron chi connectivity index (χ2n) is 6.87. The Balaban J connectivity index is 1.48. The third-order valence-electron chi connectivity index (χ3n) is 4.85. The molecule has 0 aliphatic heterocycles. The van der Waals surface area contributed by atoms with Gasteiger partial charge in [-0.2, -0.15) is 4.98 Å². The van der Waals surface area contributed by atoms with E-state index in [0.717, 1.165) is 11.1 Å². The van der Waals surface area contributed by atoms with Crippen LogP contribution in [-0.4, -0.2) is 28.1 Å². The Morgan fingerprint density at radius 3 is 2.56 bits per heavy atom. The van der Waals surface area contributed by atoms with Crippen LogP contribution >= 0.6 is 0 Å². The van der Waals surface area contributed by atoms with Crippen LogP contribution in [0.3, 0.4) is 0 Å². The molecule has 3 aromatic rings. The van der Waals surface area contributed by atoms with Gasteiger partial charge in [0, 0.05) is 22.7 Å². The van der Waals surface area contributed by atoms with Crippen molar-refractivity contribution in [3.05, 3.63) is 71.4 Å². The predicted molar refractivity (Wildman–Crippen MR) is 101 cm³/mol. The summed E-state index contributed by atoms with van der Waals surface area (Å²) in [5.74, 6) is 6.92. The second-order valence-corrected chi connectivity index (χ2v) is 6.87. The van der Waals surface area contributed by atoms with E-state index in [4.69, 9.17) is 4.52 Å². The maximum atomic E-state index is 13.2. The zero-order valence-electron chi connectivity index (χ0n) is 15.3. The number of rotatable bonds is 4. The van der Waals surface area contributed by atoms with Crippen molar-refractivity contribution in [2.24, 2.45) is 0 Å². The monoisotopic (exact) mass is 361 g/mol. The van der Waals surface area contributed by atoms with Gasteiger partial charge in [0.05, 0.1) is 6.04 Å². The summed E-state index contributed by atoms with van der Waals surface area (Å²) in [5.41, 5.74) is 2.37. The van der Waals surface area contributed by atoms with E-state index in [1.807, 2.05) is 24.3 Å². The average Bonchev–Trinajstić information content (AvgIpc) is 3.42. The molecule has 0 amide bonds. The number of benzene rings is 2. The third kappa shape index (κ3) is 4.07. The molecule has 0 radical (unpaired) electrons. The smallest absolute Gasteiger partial charge is 0.244 e. The Kier molecular flexibility index (Phi) is 4.74. The van der Waals surface area contributed by atoms with Crippen molar-refractivity contribution < 1.29 is 8.91 Å². The second kappa shape index (κ2) is 7.34. The van der Waals surface area contributed by atoms with E-state index in [1.165, 1.54) is 25.0 Å². The highest BCUT2D eigenvalue weighted by atomic mass is 19.1. The van der Waals surface area contributed by atoms with Gasteiger partial charge in [-0.05, 0) is 69.3 Å². The lowest BCUT2D eigenvalue weighted by atomic mass is 10.1. The van der Waals surface area contributed by atoms with Gasteiger partial charge in [-0.3, -0.25) is 4.90 Å². The Bertz CT molecular complexity index is 996. The molecule has 1 atom stereocenters. The van der Waals surface area contributed by atoms with Gasteiger partial charge in [0.2, 0.25) is 11.7 Å². The highest BCUT2D eigenvalue weighted by Gasteiger charge is 2.32. The molecule has 1 aliphatic rings. The van der Waals surface area contributed by atoms with Crippen molar-refractivity contribution in [2.45, 2.75) is 31.8 Å². The van der Waals surface area contributed by atoms with Crippen molar-refractivity contribution in [1.29, 1.82) is 0 Å². The van der Waals surface area contributed by atoms with E-state index in [-0.39, 0.29) is 11.9 Å². The van der Waals surface area contributed by atoms with E-state index >= 15 is 0 Å². The molecule has 27 heavy (non-hydrogen) atoms. The summed E-state index contributed by atoms with van der Waals surface area (Å²) >= 11 is 0. The van der Waals surface area contributed by atoms with Gasteiger partial charge in [0.1, 0.15) is 5.82 Å². The quantitative estimate of drug-likeness (QED) is 0.645. The molecule has 136 valence electrons. The summed E-state index contributed by atoms with van der Waals surface area (Å²) in [6, 6.07) is 14.6. The SMILES string of the molecule is CC(c1nc(-c2ccc(C#Cc3cccc(F)c3)cc2)no1)N(C)C1CC1. The predicted octanol–water partition coefficient (Wildman–Crippen LogP) is 4.43. The van der Waals surface area contributed by atoms with Crippen molar-refractivity contribution in [3.63, 3.8) is 0 Å². The standard InChI is InChI=1S/C22H20FN3O/c1-15(26(2)20-12-13-20)22-24-21(25-27-22)18-10-8-16(9-11-18)6-7-17-4-3-5-19(23)14-17/h3-5,8-11,14-15,20H,12-13H2,1-2H3. The summed E-state index contributed by atoms with van der Waals surface area (Å²) < 4.78 is 18.7. The normalized spacial score (nSPS) is 14.7. The molecular weight excluding hydrogens is 341 g/mol. The van der Waals surface area contributed by atoms with Gasteiger partial charge in [-0.15, -0.1) is 0 Å². The molecule has 0 N–H and O–H groups in total. The maximum absolute atomic E-state index is 13.2. The molecule has 4 rings (SSSR count). The van der Waals surface area contributed by atoms with E-state index < -0.39 is 0 Å². The van der Waals surface area contributed by atoms with Crippen molar-refractivity contribution >= 4 is 0 Å². The highest BCUT2D eigenvalue weighted by Crippen LogP contribution is 2.32. The number of hydrogen-bond acceptors (Lipinski definition) is 4. The number of hydrogen-bond donors (Lipinski definition) is 0. The summed E-state index contributed by atoms with van der Waals surface area (Å²) in [5, 5.41) is 4.11. The van der Waals surface area contributed by atoms with Crippen LogP contribution in [0.25, 0.3) is 11.4 Å². The molecular formula is C22H20FN3O. The zero-order valence-corrected chi connectivity index (χ0v) is 15.3. The van der Waals surface area contributed by atoms with Crippen molar-refractivity contribution in [1.82, 2.24) is 15.0 Å². The molecule has 1 fully saturated rings. The van der Waals surface area contributed by atoms with Crippen LogP contribution in [0.2, 0.25) is 0 Å². The van der Waals surface area contributed by atoms with Gasteiger partial charge in [0.25, 0.3) is 0 Å². The van der Waals surface area contributed by atoms with Crippen molar-refractivity contribution in [2.75, 3.05) is 7.05 Å². The Hall–Kier alpha value is -2.97. The first-order valence-corrected chi connectivity index (χ1v) is 9.04. The molecule has 0 saturated heterocycles. The average molecular weight is 361 g/mol. The van der Waals surface area contributed by atoms with Gasteiger partial charge < -0.3 is 4.52 Å². The third-order valence-corrected chi connectivity index (χ3v) is 4.85. The molecule has 2 aromatic carbocycles. The van der Waals surface area contributed by atoms with Crippen LogP contribution in [0.5, 0.6) is 0 Å². The van der Waals surface area contributed by atoms with E-state index in [0.29, 0.717) is 23.3 Å². The topological polar surface area (TPSA) is 42.2 Å². The molecule has 1 unspecified atom stereocenters. The molecule has 4 nitrogen and oxygen atoms in total. The zero-order chi connectivity index (χ0) is 18.8. The fraction of sp³-hybridized carbons (Fsp3) is 0.273. The van der Waals surface area contributed by atoms with Gasteiger partial charge in [-0.1, -0.05) is 23.1 Å². The lowest BCUT2D eigenvalue weighted by Crippen LogP contribution is -2.24. The minimum absolute atomic E-state index is 0.107. The molecule has 0 spiro atoms. The summed E-state index contributed by atoms with van der Waals surface area (Å²) in [4.78, 5) is 6.83. The van der Waals surface area contributed by atoms with Crippen LogP contribution in [0, 0.1) is 17.7 Å². The van der Waals surface area contributed by atoms with Crippen LogP contribution in [0.4, 0.5) is 4.39 Å². The summed E-state index contributed by atoms with van der Waals surface area (Å²) in [7, 11) is 2.10.